The number of fused-ring (bicyclic) bond motifs is 1. The Labute approximate surface area is 239 Å². The van der Waals surface area contributed by atoms with Gasteiger partial charge in [-0.25, -0.2) is 28.5 Å². The quantitative estimate of drug-likeness (QED) is 0.196. The molecule has 0 saturated carbocycles. The Hall–Kier alpha value is -4.41. The summed E-state index contributed by atoms with van der Waals surface area (Å²) in [5, 5.41) is 9.78. The first-order valence-corrected chi connectivity index (χ1v) is 13.0. The van der Waals surface area contributed by atoms with Crippen molar-refractivity contribution >= 4 is 28.6 Å². The monoisotopic (exact) mass is 578 g/mol. The van der Waals surface area contributed by atoms with Crippen LogP contribution in [0.25, 0.3) is 22.3 Å². The average Bonchev–Trinajstić information content (AvgIpc) is 3.29. The molecule has 0 atom stereocenters. The largest absolute Gasteiger partial charge is 0.478 e. The number of imidazole rings is 1. The van der Waals surface area contributed by atoms with E-state index >= 15 is 8.78 Å². The minimum atomic E-state index is -1.07. The van der Waals surface area contributed by atoms with Gasteiger partial charge in [0.2, 0.25) is 5.88 Å². The number of nitrogens with zero attached hydrogens (tertiary/aromatic N) is 4. The zero-order chi connectivity index (χ0) is 29.1. The van der Waals surface area contributed by atoms with Crippen molar-refractivity contribution in [2.24, 2.45) is 0 Å². The van der Waals surface area contributed by atoms with Crippen molar-refractivity contribution < 1.29 is 28.2 Å². The van der Waals surface area contributed by atoms with E-state index in [4.69, 9.17) is 21.1 Å². The summed E-state index contributed by atoms with van der Waals surface area (Å²) in [7, 11) is 1.54. The van der Waals surface area contributed by atoms with Gasteiger partial charge in [0.05, 0.1) is 28.9 Å². The number of aromatic nitrogens is 4. The van der Waals surface area contributed by atoms with Gasteiger partial charge >= 0.3 is 5.97 Å². The fourth-order valence-electron chi connectivity index (χ4n) is 4.47. The molecular formula is C30H25ClF2N4O4. The molecule has 1 N–H and O–H groups in total. The van der Waals surface area contributed by atoms with Gasteiger partial charge in [-0.2, -0.15) is 0 Å². The lowest BCUT2D eigenvalue weighted by Crippen LogP contribution is -2.10. The molecule has 0 spiro atoms. The van der Waals surface area contributed by atoms with E-state index in [0.29, 0.717) is 35.2 Å². The van der Waals surface area contributed by atoms with Crippen molar-refractivity contribution in [3.63, 3.8) is 0 Å². The third-order valence-electron chi connectivity index (χ3n) is 6.61. The third-order valence-corrected chi connectivity index (χ3v) is 6.82. The van der Waals surface area contributed by atoms with Crippen LogP contribution in [-0.4, -0.2) is 44.3 Å². The number of hydrogen-bond donors (Lipinski definition) is 1. The van der Waals surface area contributed by atoms with Crippen molar-refractivity contribution in [1.82, 2.24) is 19.5 Å². The van der Waals surface area contributed by atoms with Crippen LogP contribution in [0.3, 0.4) is 0 Å². The maximum atomic E-state index is 15.4. The van der Waals surface area contributed by atoms with Crippen LogP contribution in [-0.2, 0) is 24.3 Å². The summed E-state index contributed by atoms with van der Waals surface area (Å²) in [5.74, 6) is -1.67. The Kier molecular flexibility index (Phi) is 8.23. The highest BCUT2D eigenvalue weighted by atomic mass is 35.5. The second-order valence-electron chi connectivity index (χ2n) is 9.31. The molecule has 0 amide bonds. The number of rotatable bonds is 10. The molecule has 0 bridgehead atoms. The summed E-state index contributed by atoms with van der Waals surface area (Å²) in [6, 6.07) is 15.1. The molecule has 0 fully saturated rings. The van der Waals surface area contributed by atoms with Crippen LogP contribution in [0.4, 0.5) is 8.78 Å². The van der Waals surface area contributed by atoms with Crippen LogP contribution in [0.15, 0.2) is 60.7 Å². The van der Waals surface area contributed by atoms with Gasteiger partial charge in [0, 0.05) is 43.0 Å². The second kappa shape index (κ2) is 12.0. The van der Waals surface area contributed by atoms with Crippen LogP contribution >= 0.6 is 11.6 Å². The molecule has 8 nitrogen and oxygen atoms in total. The molecule has 210 valence electrons. The molecule has 0 aliphatic rings. The zero-order valence-corrected chi connectivity index (χ0v) is 23.0. The molecule has 0 unspecified atom stereocenters. The average molecular weight is 579 g/mol. The summed E-state index contributed by atoms with van der Waals surface area (Å²) in [5.41, 5.74) is 3.04. The predicted octanol–water partition coefficient (Wildman–Crippen LogP) is 6.25. The Morgan fingerprint density at radius 1 is 1.00 bits per heavy atom. The van der Waals surface area contributed by atoms with E-state index in [9.17, 15) is 9.90 Å². The topological polar surface area (TPSA) is 99.4 Å². The van der Waals surface area contributed by atoms with E-state index in [1.807, 2.05) is 6.92 Å². The van der Waals surface area contributed by atoms with Gasteiger partial charge in [0.1, 0.15) is 29.2 Å². The number of pyridine rings is 2. The normalized spacial score (nSPS) is 11.2. The lowest BCUT2D eigenvalue weighted by molar-refractivity contribution is 0.0697. The SMILES string of the molecule is COCCn1c(Cc2cc(F)c(-c3cccc(OCc4ccc(Cl)nc4C)n3)cc2F)nc2ccc(C(=O)O)cc21. The van der Waals surface area contributed by atoms with Crippen molar-refractivity contribution in [2.75, 3.05) is 13.7 Å². The first-order valence-electron chi connectivity index (χ1n) is 12.6. The van der Waals surface area contributed by atoms with E-state index in [1.54, 1.807) is 48.1 Å². The maximum absolute atomic E-state index is 15.4. The summed E-state index contributed by atoms with van der Waals surface area (Å²) in [6.07, 6.45) is -0.0190. The summed E-state index contributed by atoms with van der Waals surface area (Å²) in [6.45, 7) is 2.67. The van der Waals surface area contributed by atoms with Crippen LogP contribution in [0.1, 0.15) is 33.0 Å². The van der Waals surface area contributed by atoms with Crippen LogP contribution in [0.2, 0.25) is 5.15 Å². The van der Waals surface area contributed by atoms with Crippen molar-refractivity contribution in [2.45, 2.75) is 26.5 Å². The minimum Gasteiger partial charge on any atom is -0.478 e. The van der Waals surface area contributed by atoms with E-state index in [0.717, 1.165) is 23.4 Å². The van der Waals surface area contributed by atoms with Gasteiger partial charge in [-0.05, 0) is 55.0 Å². The first-order chi connectivity index (χ1) is 19.7. The smallest absolute Gasteiger partial charge is 0.335 e. The molecule has 3 heterocycles. The fourth-order valence-corrected chi connectivity index (χ4v) is 4.66. The van der Waals surface area contributed by atoms with Gasteiger partial charge in [0.25, 0.3) is 0 Å². The molecule has 5 aromatic rings. The first kappa shape index (κ1) is 28.1. The standard InChI is InChI=1S/C30H25ClF2N4O4/c1-17-19(7-9-27(31)34-17)16-41-29-5-3-4-24(36-29)21-15-22(32)20(12-23(21)33)14-28-35-25-8-6-18(30(38)39)13-26(25)37(28)10-11-40-2/h3-9,12-13,15H,10-11,14,16H2,1-2H3,(H,38,39). The van der Waals surface area contributed by atoms with Crippen molar-refractivity contribution in [1.29, 1.82) is 0 Å². The minimum absolute atomic E-state index is 0.0139. The summed E-state index contributed by atoms with van der Waals surface area (Å²) >= 11 is 5.91. The van der Waals surface area contributed by atoms with Crippen LogP contribution < -0.4 is 4.74 Å². The molecule has 5 rings (SSSR count). The number of ether oxygens (including phenoxy) is 2. The number of benzene rings is 2. The van der Waals surface area contributed by atoms with Gasteiger partial charge < -0.3 is 19.1 Å². The molecule has 3 aromatic heterocycles. The third kappa shape index (κ3) is 6.18. The van der Waals surface area contributed by atoms with E-state index in [1.165, 1.54) is 12.1 Å². The lowest BCUT2D eigenvalue weighted by Gasteiger charge is -2.12. The number of aryl methyl sites for hydroxylation is 1. The second-order valence-corrected chi connectivity index (χ2v) is 9.70. The summed E-state index contributed by atoms with van der Waals surface area (Å²) < 4.78 is 43.5. The van der Waals surface area contributed by atoms with Crippen molar-refractivity contribution in [3.8, 4) is 17.1 Å². The van der Waals surface area contributed by atoms with Gasteiger partial charge in [-0.3, -0.25) is 0 Å². The van der Waals surface area contributed by atoms with Crippen LogP contribution in [0, 0.1) is 18.6 Å². The van der Waals surface area contributed by atoms with E-state index < -0.39 is 17.6 Å². The zero-order valence-electron chi connectivity index (χ0n) is 22.2. The highest BCUT2D eigenvalue weighted by Gasteiger charge is 2.18. The molecule has 0 aliphatic carbocycles. The molecule has 0 saturated heterocycles. The van der Waals surface area contributed by atoms with E-state index in [2.05, 4.69) is 15.0 Å². The number of carbonyl (C=O) groups is 1. The lowest BCUT2D eigenvalue weighted by atomic mass is 10.0. The fraction of sp³-hybridized carbons (Fsp3) is 0.200. The Balaban J connectivity index is 1.41. The van der Waals surface area contributed by atoms with Gasteiger partial charge in [-0.15, -0.1) is 0 Å². The maximum Gasteiger partial charge on any atom is 0.335 e. The Morgan fingerprint density at radius 3 is 2.59 bits per heavy atom. The number of halogens is 3. The molecule has 0 aliphatic heterocycles. The molecular weight excluding hydrogens is 554 g/mol. The van der Waals surface area contributed by atoms with Crippen molar-refractivity contribution in [3.05, 3.63) is 106 Å². The van der Waals surface area contributed by atoms with E-state index in [-0.39, 0.29) is 41.3 Å². The highest BCUT2D eigenvalue weighted by molar-refractivity contribution is 6.29. The molecule has 2 aromatic carbocycles. The Bertz CT molecular complexity index is 1760. The number of aromatic carboxylic acids is 1. The Morgan fingerprint density at radius 2 is 1.83 bits per heavy atom. The van der Waals surface area contributed by atoms with Gasteiger partial charge in [-0.1, -0.05) is 23.7 Å². The van der Waals surface area contributed by atoms with Gasteiger partial charge in [0.15, 0.2) is 0 Å². The number of carboxylic acids is 1. The molecule has 41 heavy (non-hydrogen) atoms. The predicted molar refractivity (Wildman–Crippen MR) is 149 cm³/mol. The number of carboxylic acid groups (broad SMARTS) is 1. The van der Waals surface area contributed by atoms with Crippen LogP contribution in [0.5, 0.6) is 5.88 Å². The number of methoxy groups -OCH3 is 1. The molecule has 11 heteroatoms. The number of hydrogen-bond acceptors (Lipinski definition) is 6. The molecule has 0 radical (unpaired) electrons. The highest BCUT2D eigenvalue weighted by Crippen LogP contribution is 2.28. The summed E-state index contributed by atoms with van der Waals surface area (Å²) in [4.78, 5) is 24.6.